The van der Waals surface area contributed by atoms with Gasteiger partial charge in [0.1, 0.15) is 16.3 Å². The lowest BCUT2D eigenvalue weighted by Gasteiger charge is -2.30. The largest absolute Gasteiger partial charge is 0.501 e. The van der Waals surface area contributed by atoms with Crippen molar-refractivity contribution in [2.24, 2.45) is 0 Å². The number of hydrogen-bond acceptors (Lipinski definition) is 14. The summed E-state index contributed by atoms with van der Waals surface area (Å²) >= 11 is 3.53. The molecule has 4 aromatic carbocycles. The highest BCUT2D eigenvalue weighted by Crippen LogP contribution is 2.38. The summed E-state index contributed by atoms with van der Waals surface area (Å²) in [5, 5.41) is 18.7. The zero-order chi connectivity index (χ0) is 42.2. The Morgan fingerprint density at radius 1 is 0.932 bits per heavy atom. The molecule has 308 valence electrons. The second kappa shape index (κ2) is 16.5. The van der Waals surface area contributed by atoms with Gasteiger partial charge in [-0.25, -0.2) is 31.5 Å². The second-order valence-electron chi connectivity index (χ2n) is 13.2. The number of rotatable bonds is 13. The summed E-state index contributed by atoms with van der Waals surface area (Å²) in [6.45, 7) is 2.22. The molecule has 21 heteroatoms. The maximum Gasteiger partial charge on any atom is 0.501 e. The van der Waals surface area contributed by atoms with Crippen molar-refractivity contribution in [1.29, 1.82) is 0 Å². The predicted molar refractivity (Wildman–Crippen MR) is 221 cm³/mol. The van der Waals surface area contributed by atoms with Crippen molar-refractivity contribution < 1.29 is 44.7 Å². The number of carbonyl (C=O) groups excluding carboxylic acids is 2. The van der Waals surface area contributed by atoms with Crippen molar-refractivity contribution in [1.82, 2.24) is 14.7 Å². The number of hydrogen-bond donors (Lipinski definition) is 4. The minimum Gasteiger partial charge on any atom is -0.370 e. The van der Waals surface area contributed by atoms with Gasteiger partial charge in [0.05, 0.1) is 20.8 Å². The molecule has 4 N–H and O–H groups in total. The predicted octanol–water partition coefficient (Wildman–Crippen LogP) is 7.28. The molecule has 3 heterocycles. The first-order valence-electron chi connectivity index (χ1n) is 17.7. The number of thiazole rings is 2. The summed E-state index contributed by atoms with van der Waals surface area (Å²) in [4.78, 5) is 35.6. The van der Waals surface area contributed by atoms with Crippen LogP contribution in [0.15, 0.2) is 111 Å². The van der Waals surface area contributed by atoms with E-state index in [4.69, 9.17) is 0 Å². The third-order valence-electron chi connectivity index (χ3n) is 9.28. The standard InChI is InChI=1S/C38H33F3N6O7S5/c1-2-37(50,22-56-24-10-4-3-5-11-24)45-29-16-15-25(19-32(29)58(51,52)38(39,40)41)59(53,54)46-34(49)30-21-55-36(43-30)47-18-17-23-9-8-12-26(27(23)20-47)33(48)44-35-42-28-13-6-7-14-31(28)57-35/h3-16,19,21,45,50H,2,17-18,20,22H2,1H3,(H,46,49)(H,42,44,48). The SMILES string of the molecule is CCC(O)(CSc1ccccc1)Nc1ccc(S(=O)(=O)NC(=O)c2csc(N3CCc4cccc(C(=O)Nc5nc6ccccc6s5)c4C3)n2)cc1S(=O)(=O)C(F)(F)F. The normalized spacial score (nSPS) is 14.4. The number of sulfonamides is 1. The number of aromatic nitrogens is 2. The minimum absolute atomic E-state index is 0.0739. The van der Waals surface area contributed by atoms with Crippen LogP contribution in [0.25, 0.3) is 10.2 Å². The van der Waals surface area contributed by atoms with Crippen LogP contribution >= 0.6 is 34.4 Å². The molecule has 0 saturated carbocycles. The molecule has 0 saturated heterocycles. The average molecular weight is 903 g/mol. The van der Waals surface area contributed by atoms with Gasteiger partial charge in [0, 0.05) is 34.7 Å². The van der Waals surface area contributed by atoms with Gasteiger partial charge in [-0.1, -0.05) is 60.7 Å². The summed E-state index contributed by atoms with van der Waals surface area (Å²) in [6.07, 6.45) is 0.457. The first-order valence-corrected chi connectivity index (χ1v) is 23.3. The molecule has 59 heavy (non-hydrogen) atoms. The van der Waals surface area contributed by atoms with Crippen LogP contribution < -0.4 is 20.3 Å². The average Bonchev–Trinajstić information content (AvgIpc) is 3.87. The highest BCUT2D eigenvalue weighted by atomic mass is 32.2. The van der Waals surface area contributed by atoms with Gasteiger partial charge in [-0.2, -0.15) is 13.2 Å². The topological polar surface area (TPSA) is 188 Å². The molecule has 6 aromatic rings. The molecule has 1 atom stereocenters. The first kappa shape index (κ1) is 42.1. The number of alkyl halides is 3. The fourth-order valence-corrected chi connectivity index (χ4v) is 10.8. The molecule has 1 unspecified atom stereocenters. The van der Waals surface area contributed by atoms with E-state index in [1.807, 2.05) is 35.2 Å². The molecule has 0 aliphatic carbocycles. The molecule has 7 rings (SSSR count). The van der Waals surface area contributed by atoms with Crippen molar-refractivity contribution in [3.05, 3.63) is 119 Å². The summed E-state index contributed by atoms with van der Waals surface area (Å²) in [6, 6.07) is 23.5. The zero-order valence-corrected chi connectivity index (χ0v) is 34.8. The number of anilines is 3. The number of benzene rings is 4. The van der Waals surface area contributed by atoms with E-state index in [0.717, 1.165) is 61.5 Å². The van der Waals surface area contributed by atoms with Crippen LogP contribution in [0.4, 0.5) is 29.1 Å². The van der Waals surface area contributed by atoms with E-state index in [1.165, 1.54) is 23.6 Å². The monoisotopic (exact) mass is 902 g/mol. The third kappa shape index (κ3) is 9.09. The Labute approximate surface area is 348 Å². The molecule has 13 nitrogen and oxygen atoms in total. The molecule has 1 aliphatic heterocycles. The van der Waals surface area contributed by atoms with Crippen molar-refractivity contribution in [3.8, 4) is 0 Å². The maximum atomic E-state index is 13.9. The fourth-order valence-electron chi connectivity index (χ4n) is 6.11. The van der Waals surface area contributed by atoms with E-state index in [-0.39, 0.29) is 36.4 Å². The number of fused-ring (bicyclic) bond motifs is 2. The zero-order valence-electron chi connectivity index (χ0n) is 30.7. The molecule has 0 radical (unpaired) electrons. The Kier molecular flexibility index (Phi) is 11.8. The summed E-state index contributed by atoms with van der Waals surface area (Å²) < 4.78 is 96.9. The van der Waals surface area contributed by atoms with Gasteiger partial charge < -0.3 is 15.3 Å². The van der Waals surface area contributed by atoms with Gasteiger partial charge in [-0.3, -0.25) is 14.9 Å². The fraction of sp³-hybridized carbons (Fsp3) is 0.211. The number of aliphatic hydroxyl groups is 1. The quantitative estimate of drug-likeness (QED) is 0.0671. The van der Waals surface area contributed by atoms with Gasteiger partial charge >= 0.3 is 5.51 Å². The number of nitrogens with zero attached hydrogens (tertiary/aromatic N) is 3. The highest BCUT2D eigenvalue weighted by Gasteiger charge is 2.49. The number of para-hydroxylation sites is 1. The lowest BCUT2D eigenvalue weighted by Crippen LogP contribution is -2.41. The smallest absolute Gasteiger partial charge is 0.370 e. The number of halogens is 3. The Balaban J connectivity index is 1.08. The van der Waals surface area contributed by atoms with Crippen LogP contribution in [0.1, 0.15) is 45.3 Å². The first-order chi connectivity index (χ1) is 28.0. The van der Waals surface area contributed by atoms with Crippen LogP contribution in [0.3, 0.4) is 0 Å². The molecular formula is C38H33F3N6O7S5. The van der Waals surface area contributed by atoms with E-state index in [0.29, 0.717) is 28.8 Å². The van der Waals surface area contributed by atoms with Crippen molar-refractivity contribution in [3.63, 3.8) is 0 Å². The Morgan fingerprint density at radius 2 is 1.68 bits per heavy atom. The van der Waals surface area contributed by atoms with Crippen LogP contribution in [0, 0.1) is 0 Å². The number of amides is 2. The number of carbonyl (C=O) groups is 2. The van der Waals surface area contributed by atoms with E-state index in [1.54, 1.807) is 47.2 Å². The molecular weight excluding hydrogens is 870 g/mol. The summed E-state index contributed by atoms with van der Waals surface area (Å²) in [5.41, 5.74) is -5.94. The minimum atomic E-state index is -6.18. The van der Waals surface area contributed by atoms with Crippen LogP contribution in [0.2, 0.25) is 0 Å². The number of nitrogens with one attached hydrogen (secondary N) is 3. The maximum absolute atomic E-state index is 13.9. The van der Waals surface area contributed by atoms with Gasteiger partial charge in [0.15, 0.2) is 10.3 Å². The van der Waals surface area contributed by atoms with Crippen LogP contribution in [0.5, 0.6) is 0 Å². The Hall–Kier alpha value is -5.06. The van der Waals surface area contributed by atoms with Gasteiger partial charge in [0.25, 0.3) is 31.7 Å². The molecule has 1 aliphatic rings. The molecule has 0 bridgehead atoms. The molecule has 0 fully saturated rings. The van der Waals surface area contributed by atoms with E-state index in [9.17, 15) is 44.7 Å². The van der Waals surface area contributed by atoms with Crippen LogP contribution in [-0.2, 0) is 32.8 Å². The van der Waals surface area contributed by atoms with Gasteiger partial charge in [0.2, 0.25) is 0 Å². The molecule has 2 amide bonds. The number of sulfone groups is 1. The Morgan fingerprint density at radius 3 is 2.41 bits per heavy atom. The second-order valence-corrected chi connectivity index (χ2v) is 19.7. The van der Waals surface area contributed by atoms with Crippen molar-refractivity contribution in [2.75, 3.05) is 27.8 Å². The van der Waals surface area contributed by atoms with Gasteiger partial charge in [-0.05, 0) is 72.5 Å². The summed E-state index contributed by atoms with van der Waals surface area (Å²) in [7, 11) is -11.2. The number of thioether (sulfide) groups is 1. The molecule has 0 spiro atoms. The van der Waals surface area contributed by atoms with Crippen molar-refractivity contribution in [2.45, 2.75) is 52.2 Å². The van der Waals surface area contributed by atoms with Crippen molar-refractivity contribution >= 4 is 92.3 Å². The lowest BCUT2D eigenvalue weighted by molar-refractivity contribution is -0.0436. The van der Waals surface area contributed by atoms with E-state index >= 15 is 0 Å². The Bertz CT molecular complexity index is 2750. The lowest BCUT2D eigenvalue weighted by atomic mass is 9.94. The van der Waals surface area contributed by atoms with Crippen LogP contribution in [-0.4, -0.2) is 67.3 Å². The highest BCUT2D eigenvalue weighted by molar-refractivity contribution is 7.99. The third-order valence-corrected chi connectivity index (χ3v) is 15.2. The van der Waals surface area contributed by atoms with E-state index < -0.39 is 52.5 Å². The molecule has 2 aromatic heterocycles. The van der Waals surface area contributed by atoms with E-state index in [2.05, 4.69) is 20.6 Å². The van der Waals surface area contributed by atoms with Gasteiger partial charge in [-0.15, -0.1) is 23.1 Å². The summed E-state index contributed by atoms with van der Waals surface area (Å²) in [5.74, 6) is -1.69.